The van der Waals surface area contributed by atoms with E-state index in [0.29, 0.717) is 19.6 Å². The molecule has 0 bridgehead atoms. The van der Waals surface area contributed by atoms with E-state index in [4.69, 9.17) is 0 Å². The molecule has 0 radical (unpaired) electrons. The van der Waals surface area contributed by atoms with Gasteiger partial charge in [-0.15, -0.1) is 0 Å². The standard InChI is InChI=1S/C23H27FN2O2/c1-2-14-26(21-8-4-3-5-9-21)23(28)19-7-6-15-25(17-19)22(27)16-18-10-12-20(24)13-11-18/h3-5,8-13,19H,2,6-7,14-17H2,1H3. The molecule has 0 spiro atoms. The van der Waals surface area contributed by atoms with Crippen molar-refractivity contribution in [1.82, 2.24) is 4.90 Å². The number of benzene rings is 2. The van der Waals surface area contributed by atoms with Crippen LogP contribution in [-0.4, -0.2) is 36.3 Å². The maximum atomic E-state index is 13.2. The number of carbonyl (C=O) groups is 2. The van der Waals surface area contributed by atoms with Gasteiger partial charge in [-0.25, -0.2) is 4.39 Å². The number of hydrogen-bond donors (Lipinski definition) is 0. The predicted octanol–water partition coefficient (Wildman–Crippen LogP) is 4.05. The molecular formula is C23H27FN2O2. The Kier molecular flexibility index (Phi) is 6.80. The molecule has 1 unspecified atom stereocenters. The quantitative estimate of drug-likeness (QED) is 0.756. The van der Waals surface area contributed by atoms with Crippen LogP contribution in [0.1, 0.15) is 31.7 Å². The minimum Gasteiger partial charge on any atom is -0.342 e. The molecule has 0 saturated carbocycles. The first-order chi connectivity index (χ1) is 13.6. The van der Waals surface area contributed by atoms with Gasteiger partial charge in [-0.1, -0.05) is 37.3 Å². The Bertz CT molecular complexity index is 792. The maximum Gasteiger partial charge on any atom is 0.231 e. The Labute approximate surface area is 166 Å². The SMILES string of the molecule is CCCN(C(=O)C1CCCN(C(=O)Cc2ccc(F)cc2)C1)c1ccccc1. The second-order valence-corrected chi connectivity index (χ2v) is 7.31. The van der Waals surface area contributed by atoms with Crippen LogP contribution in [0.2, 0.25) is 0 Å². The smallest absolute Gasteiger partial charge is 0.231 e. The molecule has 1 heterocycles. The van der Waals surface area contributed by atoms with E-state index in [9.17, 15) is 14.0 Å². The van der Waals surface area contributed by atoms with E-state index in [1.807, 2.05) is 35.2 Å². The van der Waals surface area contributed by atoms with Crippen molar-refractivity contribution in [3.63, 3.8) is 0 Å². The molecule has 148 valence electrons. The number of rotatable bonds is 6. The van der Waals surface area contributed by atoms with Gasteiger partial charge in [-0.05, 0) is 49.1 Å². The number of likely N-dealkylation sites (tertiary alicyclic amines) is 1. The predicted molar refractivity (Wildman–Crippen MR) is 108 cm³/mol. The van der Waals surface area contributed by atoms with Gasteiger partial charge in [0, 0.05) is 25.3 Å². The van der Waals surface area contributed by atoms with Crippen molar-refractivity contribution >= 4 is 17.5 Å². The summed E-state index contributed by atoms with van der Waals surface area (Å²) >= 11 is 0. The van der Waals surface area contributed by atoms with Crippen molar-refractivity contribution < 1.29 is 14.0 Å². The highest BCUT2D eigenvalue weighted by Crippen LogP contribution is 2.23. The summed E-state index contributed by atoms with van der Waals surface area (Å²) in [5.41, 5.74) is 1.70. The average molecular weight is 382 g/mol. The summed E-state index contributed by atoms with van der Waals surface area (Å²) in [6, 6.07) is 15.7. The maximum absolute atomic E-state index is 13.2. The van der Waals surface area contributed by atoms with E-state index in [1.54, 1.807) is 17.0 Å². The van der Waals surface area contributed by atoms with Gasteiger partial charge in [0.1, 0.15) is 5.82 Å². The minimum absolute atomic E-state index is 0.00846. The summed E-state index contributed by atoms with van der Waals surface area (Å²) < 4.78 is 13.1. The van der Waals surface area contributed by atoms with Gasteiger partial charge in [-0.2, -0.15) is 0 Å². The zero-order valence-electron chi connectivity index (χ0n) is 16.3. The molecule has 3 rings (SSSR count). The van der Waals surface area contributed by atoms with Crippen LogP contribution in [0.5, 0.6) is 0 Å². The second kappa shape index (κ2) is 9.49. The fraction of sp³-hybridized carbons (Fsp3) is 0.391. The van der Waals surface area contributed by atoms with Crippen molar-refractivity contribution in [1.29, 1.82) is 0 Å². The highest BCUT2D eigenvalue weighted by molar-refractivity contribution is 5.95. The number of amides is 2. The Morgan fingerprint density at radius 1 is 1.11 bits per heavy atom. The van der Waals surface area contributed by atoms with Crippen LogP contribution in [0.3, 0.4) is 0 Å². The van der Waals surface area contributed by atoms with Crippen LogP contribution in [0, 0.1) is 11.7 Å². The lowest BCUT2D eigenvalue weighted by Crippen LogP contribution is -2.47. The molecule has 1 aliphatic rings. The van der Waals surface area contributed by atoms with Crippen LogP contribution < -0.4 is 4.90 Å². The van der Waals surface area contributed by atoms with Gasteiger partial charge in [-0.3, -0.25) is 9.59 Å². The van der Waals surface area contributed by atoms with Crippen molar-refractivity contribution in [2.45, 2.75) is 32.6 Å². The molecule has 28 heavy (non-hydrogen) atoms. The third-order valence-corrected chi connectivity index (χ3v) is 5.17. The molecule has 1 atom stereocenters. The number of halogens is 1. The zero-order chi connectivity index (χ0) is 19.9. The van der Waals surface area contributed by atoms with E-state index in [0.717, 1.165) is 30.5 Å². The monoisotopic (exact) mass is 382 g/mol. The molecule has 0 aromatic heterocycles. The normalized spacial score (nSPS) is 16.6. The first-order valence-corrected chi connectivity index (χ1v) is 9.97. The molecule has 2 amide bonds. The van der Waals surface area contributed by atoms with E-state index >= 15 is 0 Å². The summed E-state index contributed by atoms with van der Waals surface area (Å²) in [7, 11) is 0. The van der Waals surface area contributed by atoms with E-state index in [1.165, 1.54) is 12.1 Å². The summed E-state index contributed by atoms with van der Waals surface area (Å²) in [6.45, 7) is 3.85. The highest BCUT2D eigenvalue weighted by atomic mass is 19.1. The Morgan fingerprint density at radius 3 is 2.50 bits per heavy atom. The van der Waals surface area contributed by atoms with Crippen molar-refractivity contribution in [3.8, 4) is 0 Å². The molecule has 2 aromatic rings. The van der Waals surface area contributed by atoms with Crippen molar-refractivity contribution in [3.05, 3.63) is 66.0 Å². The van der Waals surface area contributed by atoms with Crippen LogP contribution >= 0.6 is 0 Å². The lowest BCUT2D eigenvalue weighted by molar-refractivity contribution is -0.134. The largest absolute Gasteiger partial charge is 0.342 e. The summed E-state index contributed by atoms with van der Waals surface area (Å²) in [6.07, 6.45) is 2.73. The number of piperidine rings is 1. The number of hydrogen-bond acceptors (Lipinski definition) is 2. The molecule has 1 aliphatic heterocycles. The van der Waals surface area contributed by atoms with Crippen molar-refractivity contribution in [2.75, 3.05) is 24.5 Å². The Morgan fingerprint density at radius 2 is 1.82 bits per heavy atom. The average Bonchev–Trinajstić information content (AvgIpc) is 2.74. The van der Waals surface area contributed by atoms with E-state index < -0.39 is 0 Å². The second-order valence-electron chi connectivity index (χ2n) is 7.31. The summed E-state index contributed by atoms with van der Waals surface area (Å²) in [5, 5.41) is 0. The highest BCUT2D eigenvalue weighted by Gasteiger charge is 2.31. The molecule has 0 N–H and O–H groups in total. The molecule has 1 fully saturated rings. The summed E-state index contributed by atoms with van der Waals surface area (Å²) in [4.78, 5) is 29.5. The lowest BCUT2D eigenvalue weighted by Gasteiger charge is -2.35. The number of carbonyl (C=O) groups excluding carboxylic acids is 2. The fourth-order valence-electron chi connectivity index (χ4n) is 3.71. The molecule has 4 nitrogen and oxygen atoms in total. The van der Waals surface area contributed by atoms with Crippen LogP contribution in [0.4, 0.5) is 10.1 Å². The Hall–Kier alpha value is -2.69. The van der Waals surface area contributed by atoms with Gasteiger partial charge in [0.05, 0.1) is 12.3 Å². The lowest BCUT2D eigenvalue weighted by atomic mass is 9.95. The van der Waals surface area contributed by atoms with E-state index in [2.05, 4.69) is 6.92 Å². The Balaban J connectivity index is 1.66. The fourth-order valence-corrected chi connectivity index (χ4v) is 3.71. The third-order valence-electron chi connectivity index (χ3n) is 5.17. The molecular weight excluding hydrogens is 355 g/mol. The number of anilines is 1. The van der Waals surface area contributed by atoms with E-state index in [-0.39, 0.29) is 30.0 Å². The van der Waals surface area contributed by atoms with Crippen LogP contribution in [-0.2, 0) is 16.0 Å². The van der Waals surface area contributed by atoms with Crippen LogP contribution in [0.15, 0.2) is 54.6 Å². The molecule has 1 saturated heterocycles. The van der Waals surface area contributed by atoms with Gasteiger partial charge in [0.25, 0.3) is 0 Å². The molecule has 0 aliphatic carbocycles. The van der Waals surface area contributed by atoms with Gasteiger partial charge in [0.15, 0.2) is 0 Å². The van der Waals surface area contributed by atoms with Gasteiger partial charge in [0.2, 0.25) is 11.8 Å². The molecule has 2 aromatic carbocycles. The zero-order valence-corrected chi connectivity index (χ0v) is 16.3. The van der Waals surface area contributed by atoms with Crippen molar-refractivity contribution in [2.24, 2.45) is 5.92 Å². The molecule has 5 heteroatoms. The number of nitrogens with zero attached hydrogens (tertiary/aromatic N) is 2. The number of para-hydroxylation sites is 1. The van der Waals surface area contributed by atoms with Gasteiger partial charge < -0.3 is 9.80 Å². The first kappa shape index (κ1) is 20.1. The third kappa shape index (κ3) is 4.97. The van der Waals surface area contributed by atoms with Gasteiger partial charge >= 0.3 is 0 Å². The summed E-state index contributed by atoms with van der Waals surface area (Å²) in [5.74, 6) is -0.410. The minimum atomic E-state index is -0.309. The topological polar surface area (TPSA) is 40.6 Å². The first-order valence-electron chi connectivity index (χ1n) is 9.97. The van der Waals surface area contributed by atoms with Crippen LogP contribution in [0.25, 0.3) is 0 Å².